The first-order valence-corrected chi connectivity index (χ1v) is 9.54. The van der Waals surface area contributed by atoms with Crippen molar-refractivity contribution >= 4 is 11.8 Å². The highest BCUT2D eigenvalue weighted by Crippen LogP contribution is 2.50. The lowest BCUT2D eigenvalue weighted by molar-refractivity contribution is -0.167. The highest BCUT2D eigenvalue weighted by Gasteiger charge is 2.52. The van der Waals surface area contributed by atoms with Crippen LogP contribution < -0.4 is 0 Å². The van der Waals surface area contributed by atoms with Gasteiger partial charge in [-0.25, -0.2) is 0 Å². The molecule has 7 atom stereocenters. The standard InChI is InChI=1S/C20H28O5/c1-11(21)15-9-18(22)24-19-14-7-6-12(4-5-13(14)8-16(15)19)17-10-23-20(2,3)25-17/h4-5,12-17,19H,6-10H2,1-3H3/t12-,13-,14+,15+,16-,17+,19-/m1/s1. The Bertz CT molecular complexity index is 595. The Morgan fingerprint density at radius 3 is 2.60 bits per heavy atom. The number of hydrogen-bond acceptors (Lipinski definition) is 5. The van der Waals surface area contributed by atoms with Gasteiger partial charge in [-0.2, -0.15) is 0 Å². The Hall–Kier alpha value is -1.20. The summed E-state index contributed by atoms with van der Waals surface area (Å²) in [5.74, 6) is 0.514. The summed E-state index contributed by atoms with van der Waals surface area (Å²) in [5.41, 5.74) is 0. The average molecular weight is 348 g/mol. The molecule has 0 radical (unpaired) electrons. The maximum absolute atomic E-state index is 12.0. The van der Waals surface area contributed by atoms with Crippen LogP contribution in [0.5, 0.6) is 0 Å². The van der Waals surface area contributed by atoms with E-state index in [0.717, 1.165) is 19.3 Å². The summed E-state index contributed by atoms with van der Waals surface area (Å²) in [6, 6.07) is 0. The van der Waals surface area contributed by atoms with E-state index in [4.69, 9.17) is 14.2 Å². The Morgan fingerprint density at radius 2 is 1.92 bits per heavy atom. The molecule has 2 heterocycles. The predicted octanol–water partition coefficient (Wildman–Crippen LogP) is 2.88. The minimum absolute atomic E-state index is 0.0965. The lowest BCUT2D eigenvalue weighted by atomic mass is 9.80. The molecule has 3 fully saturated rings. The summed E-state index contributed by atoms with van der Waals surface area (Å²) >= 11 is 0. The third-order valence-corrected chi connectivity index (χ3v) is 6.58. The summed E-state index contributed by atoms with van der Waals surface area (Å²) in [6.45, 7) is 6.15. The molecule has 0 spiro atoms. The van der Waals surface area contributed by atoms with Crippen LogP contribution >= 0.6 is 0 Å². The number of allylic oxidation sites excluding steroid dienone is 1. The quantitative estimate of drug-likeness (QED) is 0.567. The van der Waals surface area contributed by atoms with Crippen molar-refractivity contribution in [3.8, 4) is 0 Å². The molecule has 0 aromatic rings. The second kappa shape index (κ2) is 6.20. The minimum atomic E-state index is -0.501. The van der Waals surface area contributed by atoms with Crippen molar-refractivity contribution < 1.29 is 23.8 Å². The fraction of sp³-hybridized carbons (Fsp3) is 0.800. The molecule has 0 aromatic carbocycles. The summed E-state index contributed by atoms with van der Waals surface area (Å²) in [7, 11) is 0. The molecule has 4 rings (SSSR count). The van der Waals surface area contributed by atoms with Crippen LogP contribution in [-0.4, -0.2) is 36.4 Å². The smallest absolute Gasteiger partial charge is 0.306 e. The van der Waals surface area contributed by atoms with Crippen LogP contribution in [0.15, 0.2) is 12.2 Å². The second-order valence-corrected chi connectivity index (χ2v) is 8.60. The van der Waals surface area contributed by atoms with Crippen molar-refractivity contribution in [2.75, 3.05) is 6.61 Å². The van der Waals surface area contributed by atoms with Gasteiger partial charge in [0.1, 0.15) is 11.9 Å². The van der Waals surface area contributed by atoms with Crippen molar-refractivity contribution in [2.24, 2.45) is 29.6 Å². The van der Waals surface area contributed by atoms with Gasteiger partial charge in [0.15, 0.2) is 5.79 Å². The summed E-state index contributed by atoms with van der Waals surface area (Å²) in [5, 5.41) is 0. The van der Waals surface area contributed by atoms with Gasteiger partial charge in [0.2, 0.25) is 0 Å². The molecule has 2 aliphatic carbocycles. The van der Waals surface area contributed by atoms with Crippen LogP contribution in [0.4, 0.5) is 0 Å². The molecule has 5 heteroatoms. The van der Waals surface area contributed by atoms with E-state index < -0.39 is 5.79 Å². The van der Waals surface area contributed by atoms with Gasteiger partial charge in [-0.05, 0) is 46.0 Å². The van der Waals surface area contributed by atoms with Gasteiger partial charge in [0.25, 0.3) is 0 Å². The van der Waals surface area contributed by atoms with Crippen LogP contribution in [0.25, 0.3) is 0 Å². The zero-order valence-corrected chi connectivity index (χ0v) is 15.3. The van der Waals surface area contributed by atoms with E-state index >= 15 is 0 Å². The molecular formula is C20H28O5. The summed E-state index contributed by atoms with van der Waals surface area (Å²) in [6.07, 6.45) is 7.78. The zero-order chi connectivity index (χ0) is 17.8. The SMILES string of the molecule is CC(=O)[C@@H]1CC(=O)O[C@@H]2[C@H]3CC[C@H]([C@@H]4COC(C)(C)O4)C=C[C@@H]3C[C@@H]21. The van der Waals surface area contributed by atoms with Crippen LogP contribution in [0.1, 0.15) is 46.5 Å². The largest absolute Gasteiger partial charge is 0.462 e. The van der Waals surface area contributed by atoms with Crippen LogP contribution in [0, 0.1) is 29.6 Å². The molecule has 0 amide bonds. The summed E-state index contributed by atoms with van der Waals surface area (Å²) < 4.78 is 17.5. The number of ketones is 1. The van der Waals surface area contributed by atoms with E-state index in [1.165, 1.54) is 0 Å². The highest BCUT2D eigenvalue weighted by atomic mass is 16.7. The third kappa shape index (κ3) is 3.17. The Morgan fingerprint density at radius 1 is 1.16 bits per heavy atom. The van der Waals surface area contributed by atoms with Crippen molar-refractivity contribution in [3.05, 3.63) is 12.2 Å². The third-order valence-electron chi connectivity index (χ3n) is 6.58. The Labute approximate surface area is 149 Å². The number of Topliss-reactive ketones (excluding diaryl/α,β-unsaturated/α-hetero) is 1. The highest BCUT2D eigenvalue weighted by molar-refractivity contribution is 5.85. The molecule has 0 bridgehead atoms. The normalized spacial score (nSPS) is 45.4. The van der Waals surface area contributed by atoms with Crippen LogP contribution in [0.2, 0.25) is 0 Å². The number of esters is 1. The summed E-state index contributed by atoms with van der Waals surface area (Å²) in [4.78, 5) is 24.0. The maximum Gasteiger partial charge on any atom is 0.306 e. The first-order valence-electron chi connectivity index (χ1n) is 9.54. The Kier molecular flexibility index (Phi) is 4.27. The second-order valence-electron chi connectivity index (χ2n) is 8.60. The molecule has 1 saturated carbocycles. The lowest BCUT2D eigenvalue weighted by Crippen LogP contribution is -2.41. The predicted molar refractivity (Wildman–Crippen MR) is 90.5 cm³/mol. The van der Waals surface area contributed by atoms with E-state index in [2.05, 4.69) is 12.2 Å². The molecule has 25 heavy (non-hydrogen) atoms. The number of carbonyl (C=O) groups is 2. The minimum Gasteiger partial charge on any atom is -0.462 e. The van der Waals surface area contributed by atoms with E-state index in [-0.39, 0.29) is 42.2 Å². The fourth-order valence-electron chi connectivity index (χ4n) is 5.33. The van der Waals surface area contributed by atoms with Crippen molar-refractivity contribution in [2.45, 2.75) is 64.4 Å². The van der Waals surface area contributed by atoms with Gasteiger partial charge in [-0.15, -0.1) is 0 Å². The molecule has 138 valence electrons. The van der Waals surface area contributed by atoms with Crippen molar-refractivity contribution in [1.82, 2.24) is 0 Å². The van der Waals surface area contributed by atoms with Crippen LogP contribution in [-0.2, 0) is 23.8 Å². The lowest BCUT2D eigenvalue weighted by Gasteiger charge is -2.34. The van der Waals surface area contributed by atoms with Gasteiger partial charge in [0.05, 0.1) is 19.1 Å². The monoisotopic (exact) mass is 348 g/mol. The van der Waals surface area contributed by atoms with Gasteiger partial charge in [-0.1, -0.05) is 12.2 Å². The van der Waals surface area contributed by atoms with Crippen molar-refractivity contribution in [1.29, 1.82) is 0 Å². The van der Waals surface area contributed by atoms with E-state index in [0.29, 0.717) is 24.4 Å². The first kappa shape index (κ1) is 17.2. The number of fused-ring (bicyclic) bond motifs is 3. The van der Waals surface area contributed by atoms with E-state index in [1.54, 1.807) is 6.92 Å². The number of ether oxygens (including phenoxy) is 3. The average Bonchev–Trinajstić information content (AvgIpc) is 2.99. The van der Waals surface area contributed by atoms with Gasteiger partial charge >= 0.3 is 5.97 Å². The Balaban J connectivity index is 1.49. The molecule has 0 unspecified atom stereocenters. The first-order chi connectivity index (χ1) is 11.8. The molecule has 0 N–H and O–H groups in total. The van der Waals surface area contributed by atoms with E-state index in [1.807, 2.05) is 13.8 Å². The number of hydrogen-bond donors (Lipinski definition) is 0. The molecular weight excluding hydrogens is 320 g/mol. The number of carbonyl (C=O) groups excluding carboxylic acids is 2. The topological polar surface area (TPSA) is 61.8 Å². The van der Waals surface area contributed by atoms with Crippen molar-refractivity contribution in [3.63, 3.8) is 0 Å². The van der Waals surface area contributed by atoms with Gasteiger partial charge < -0.3 is 14.2 Å². The number of rotatable bonds is 2. The van der Waals surface area contributed by atoms with Crippen LogP contribution in [0.3, 0.4) is 0 Å². The molecule has 2 aliphatic heterocycles. The van der Waals surface area contributed by atoms with E-state index in [9.17, 15) is 9.59 Å². The van der Waals surface area contributed by atoms with Gasteiger partial charge in [0, 0.05) is 23.7 Å². The molecule has 4 aliphatic rings. The fourth-order valence-corrected chi connectivity index (χ4v) is 5.33. The molecule has 0 aromatic heterocycles. The maximum atomic E-state index is 12.0. The van der Waals surface area contributed by atoms with Gasteiger partial charge in [-0.3, -0.25) is 9.59 Å². The molecule has 2 saturated heterocycles. The molecule has 5 nitrogen and oxygen atoms in total. The zero-order valence-electron chi connectivity index (χ0n) is 15.3.